The maximum absolute atomic E-state index is 6.32. The van der Waals surface area contributed by atoms with Crippen LogP contribution in [0.15, 0.2) is 29.6 Å². The van der Waals surface area contributed by atoms with Gasteiger partial charge >= 0.3 is 0 Å². The molecule has 0 bridgehead atoms. The molecule has 0 aliphatic rings. The van der Waals surface area contributed by atoms with E-state index in [0.29, 0.717) is 0 Å². The van der Waals surface area contributed by atoms with Crippen LogP contribution >= 0.6 is 11.3 Å². The van der Waals surface area contributed by atoms with Crippen LogP contribution < -0.4 is 5.73 Å². The second kappa shape index (κ2) is 4.82. The Morgan fingerprint density at radius 2 is 1.89 bits per heavy atom. The normalized spacial score (nSPS) is 13.6. The summed E-state index contributed by atoms with van der Waals surface area (Å²) in [4.78, 5) is 4.69. The molecule has 0 amide bonds. The third kappa shape index (κ3) is 2.62. The van der Waals surface area contributed by atoms with Crippen molar-refractivity contribution in [3.05, 3.63) is 51.5 Å². The number of hydrogen-bond acceptors (Lipinski definition) is 3. The minimum atomic E-state index is -0.118. The number of thiazole rings is 1. The Morgan fingerprint density at radius 3 is 2.44 bits per heavy atom. The molecule has 2 rings (SSSR count). The zero-order chi connectivity index (χ0) is 13.3. The van der Waals surface area contributed by atoms with Crippen LogP contribution in [0.4, 0.5) is 0 Å². The molecule has 1 aromatic heterocycles. The largest absolute Gasteiger partial charge is 0.318 e. The topological polar surface area (TPSA) is 38.9 Å². The lowest BCUT2D eigenvalue weighted by Gasteiger charge is -2.15. The van der Waals surface area contributed by atoms with Crippen LogP contribution in [0.3, 0.4) is 0 Å². The van der Waals surface area contributed by atoms with Crippen LogP contribution in [0.2, 0.25) is 0 Å². The molecule has 0 saturated carbocycles. The quantitative estimate of drug-likeness (QED) is 0.892. The maximum atomic E-state index is 6.32. The van der Waals surface area contributed by atoms with Gasteiger partial charge in [0, 0.05) is 10.8 Å². The molecular formula is C15H20N2S. The molecule has 18 heavy (non-hydrogen) atoms. The Balaban J connectivity index is 2.33. The lowest BCUT2D eigenvalue weighted by molar-refractivity contribution is 0.569. The van der Waals surface area contributed by atoms with E-state index >= 15 is 0 Å². The van der Waals surface area contributed by atoms with E-state index in [2.05, 4.69) is 45.2 Å². The molecule has 0 aliphatic carbocycles. The van der Waals surface area contributed by atoms with Crippen molar-refractivity contribution < 1.29 is 0 Å². The SMILES string of the molecule is Cc1ccccc1C(N)c1nc(C(C)(C)C)cs1. The average molecular weight is 260 g/mol. The molecule has 2 N–H and O–H groups in total. The first-order valence-corrected chi connectivity index (χ1v) is 7.04. The second-order valence-electron chi connectivity index (χ2n) is 5.66. The van der Waals surface area contributed by atoms with Crippen molar-refractivity contribution in [2.24, 2.45) is 5.73 Å². The molecular weight excluding hydrogens is 240 g/mol. The summed E-state index contributed by atoms with van der Waals surface area (Å²) in [6.45, 7) is 8.61. The molecule has 3 heteroatoms. The number of hydrogen-bond donors (Lipinski definition) is 1. The lowest BCUT2D eigenvalue weighted by atomic mass is 9.93. The number of aromatic nitrogens is 1. The Kier molecular flexibility index (Phi) is 3.55. The summed E-state index contributed by atoms with van der Waals surface area (Å²) in [6.07, 6.45) is 0. The standard InChI is InChI=1S/C15H20N2S/c1-10-7-5-6-8-11(10)13(16)14-17-12(9-18-14)15(2,3)4/h5-9,13H,16H2,1-4H3. The van der Waals surface area contributed by atoms with Gasteiger partial charge in [0.25, 0.3) is 0 Å². The predicted molar refractivity (Wildman–Crippen MR) is 78.0 cm³/mol. The third-order valence-corrected chi connectivity index (χ3v) is 4.01. The van der Waals surface area contributed by atoms with Crippen LogP contribution in [0, 0.1) is 6.92 Å². The molecule has 1 aromatic carbocycles. The van der Waals surface area contributed by atoms with Crippen LogP contribution in [0.5, 0.6) is 0 Å². The summed E-state index contributed by atoms with van der Waals surface area (Å²) in [5, 5.41) is 3.11. The lowest BCUT2D eigenvalue weighted by Crippen LogP contribution is -2.15. The maximum Gasteiger partial charge on any atom is 0.114 e. The van der Waals surface area contributed by atoms with E-state index in [-0.39, 0.29) is 11.5 Å². The van der Waals surface area contributed by atoms with Gasteiger partial charge in [0.2, 0.25) is 0 Å². The van der Waals surface area contributed by atoms with Gasteiger partial charge in [-0.2, -0.15) is 0 Å². The molecule has 1 unspecified atom stereocenters. The van der Waals surface area contributed by atoms with Crippen molar-refractivity contribution in [3.63, 3.8) is 0 Å². The molecule has 2 nitrogen and oxygen atoms in total. The summed E-state index contributed by atoms with van der Waals surface area (Å²) < 4.78 is 0. The summed E-state index contributed by atoms with van der Waals surface area (Å²) in [6, 6.07) is 8.12. The van der Waals surface area contributed by atoms with Crippen LogP contribution in [0.25, 0.3) is 0 Å². The van der Waals surface area contributed by atoms with E-state index in [1.165, 1.54) is 5.56 Å². The van der Waals surface area contributed by atoms with Crippen LogP contribution in [0.1, 0.15) is 48.6 Å². The van der Waals surface area contributed by atoms with E-state index in [1.807, 2.05) is 12.1 Å². The van der Waals surface area contributed by atoms with E-state index in [0.717, 1.165) is 16.3 Å². The Bertz CT molecular complexity index is 537. The third-order valence-electron chi connectivity index (χ3n) is 3.08. The van der Waals surface area contributed by atoms with Gasteiger partial charge in [0.05, 0.1) is 11.7 Å². The minimum absolute atomic E-state index is 0.0835. The Morgan fingerprint density at radius 1 is 1.22 bits per heavy atom. The van der Waals surface area contributed by atoms with Crippen molar-refractivity contribution in [1.82, 2.24) is 4.98 Å². The van der Waals surface area contributed by atoms with E-state index in [9.17, 15) is 0 Å². The van der Waals surface area contributed by atoms with Crippen LogP contribution in [-0.2, 0) is 5.41 Å². The Hall–Kier alpha value is -1.19. The highest BCUT2D eigenvalue weighted by Crippen LogP contribution is 2.29. The van der Waals surface area contributed by atoms with Gasteiger partial charge in [-0.25, -0.2) is 4.98 Å². The minimum Gasteiger partial charge on any atom is -0.318 e. The van der Waals surface area contributed by atoms with Gasteiger partial charge < -0.3 is 5.73 Å². The summed E-state index contributed by atoms with van der Waals surface area (Å²) in [7, 11) is 0. The fourth-order valence-corrected chi connectivity index (χ4v) is 2.91. The van der Waals surface area contributed by atoms with Gasteiger partial charge in [-0.15, -0.1) is 11.3 Å². The molecule has 0 aliphatic heterocycles. The number of rotatable bonds is 2. The number of benzene rings is 1. The molecule has 2 aromatic rings. The number of nitrogens with two attached hydrogens (primary N) is 1. The summed E-state index contributed by atoms with van der Waals surface area (Å²) >= 11 is 1.65. The first-order chi connectivity index (χ1) is 8.39. The first-order valence-electron chi connectivity index (χ1n) is 6.16. The van der Waals surface area contributed by atoms with Crippen LogP contribution in [-0.4, -0.2) is 4.98 Å². The van der Waals surface area contributed by atoms with Crippen molar-refractivity contribution in [3.8, 4) is 0 Å². The van der Waals surface area contributed by atoms with E-state index in [1.54, 1.807) is 11.3 Å². The Labute approximate surface area is 113 Å². The molecule has 0 fully saturated rings. The van der Waals surface area contributed by atoms with Crippen molar-refractivity contribution >= 4 is 11.3 Å². The molecule has 1 atom stereocenters. The smallest absolute Gasteiger partial charge is 0.114 e. The van der Waals surface area contributed by atoms with Gasteiger partial charge in [-0.1, -0.05) is 45.0 Å². The van der Waals surface area contributed by atoms with Gasteiger partial charge in [0.15, 0.2) is 0 Å². The van der Waals surface area contributed by atoms with Gasteiger partial charge in [-0.05, 0) is 18.1 Å². The molecule has 0 spiro atoms. The van der Waals surface area contributed by atoms with Gasteiger partial charge in [0.1, 0.15) is 5.01 Å². The monoisotopic (exact) mass is 260 g/mol. The summed E-state index contributed by atoms with van der Waals surface area (Å²) in [5.74, 6) is 0. The highest BCUT2D eigenvalue weighted by Gasteiger charge is 2.20. The van der Waals surface area contributed by atoms with Crippen molar-refractivity contribution in [2.75, 3.05) is 0 Å². The molecule has 0 radical (unpaired) electrons. The number of aryl methyl sites for hydroxylation is 1. The van der Waals surface area contributed by atoms with E-state index < -0.39 is 0 Å². The van der Waals surface area contributed by atoms with E-state index in [4.69, 9.17) is 10.7 Å². The van der Waals surface area contributed by atoms with Crippen molar-refractivity contribution in [2.45, 2.75) is 39.2 Å². The highest BCUT2D eigenvalue weighted by molar-refractivity contribution is 7.09. The van der Waals surface area contributed by atoms with Gasteiger partial charge in [-0.3, -0.25) is 0 Å². The second-order valence-corrected chi connectivity index (χ2v) is 6.54. The fourth-order valence-electron chi connectivity index (χ4n) is 1.84. The molecule has 0 saturated heterocycles. The first kappa shape index (κ1) is 13.2. The predicted octanol–water partition coefficient (Wildman–Crippen LogP) is 3.80. The molecule has 1 heterocycles. The molecule has 96 valence electrons. The number of nitrogens with zero attached hydrogens (tertiary/aromatic N) is 1. The fraction of sp³-hybridized carbons (Fsp3) is 0.400. The highest BCUT2D eigenvalue weighted by atomic mass is 32.1. The zero-order valence-electron chi connectivity index (χ0n) is 11.4. The average Bonchev–Trinajstić information content (AvgIpc) is 2.77. The zero-order valence-corrected chi connectivity index (χ0v) is 12.2. The summed E-state index contributed by atoms with van der Waals surface area (Å²) in [5.41, 5.74) is 9.90. The van der Waals surface area contributed by atoms with Crippen molar-refractivity contribution in [1.29, 1.82) is 0 Å².